The molecule has 2 unspecified atom stereocenters. The Morgan fingerprint density at radius 2 is 1.20 bits per heavy atom. The van der Waals surface area contributed by atoms with E-state index in [2.05, 4.69) is 5.32 Å². The Kier molecular flexibility index (Phi) is 11.8. The van der Waals surface area contributed by atoms with Crippen LogP contribution in [0.15, 0.2) is 150 Å². The summed E-state index contributed by atoms with van der Waals surface area (Å²) in [5, 5.41) is 3.06. The Hall–Kier alpha value is -5.41. The minimum absolute atomic E-state index is 0.0392. The third-order valence-corrected chi connectivity index (χ3v) is 9.97. The number of amides is 2. The fraction of sp³-hybridized carbons (Fsp3) is 0.200. The number of carbonyl (C=O) groups excluding carboxylic acids is 2. The van der Waals surface area contributed by atoms with E-state index in [9.17, 15) is 18.0 Å². The van der Waals surface area contributed by atoms with Crippen LogP contribution in [-0.4, -0.2) is 43.8 Å². The summed E-state index contributed by atoms with van der Waals surface area (Å²) in [7, 11) is -4.21. The minimum Gasteiger partial charge on any atom is -0.457 e. The molecule has 0 aliphatic rings. The molecule has 5 aromatic carbocycles. The fourth-order valence-corrected chi connectivity index (χ4v) is 6.76. The van der Waals surface area contributed by atoms with Gasteiger partial charge in [-0.3, -0.25) is 13.9 Å². The van der Waals surface area contributed by atoms with Crippen molar-refractivity contribution in [2.24, 2.45) is 0 Å². The molecule has 0 fully saturated rings. The highest BCUT2D eigenvalue weighted by Gasteiger charge is 2.35. The predicted octanol–water partition coefficient (Wildman–Crippen LogP) is 7.23. The van der Waals surface area contributed by atoms with Crippen molar-refractivity contribution in [2.45, 2.75) is 50.2 Å². The molecule has 5 rings (SSSR count). The van der Waals surface area contributed by atoms with Crippen molar-refractivity contribution in [3.05, 3.63) is 157 Å². The molecule has 0 aliphatic carbocycles. The van der Waals surface area contributed by atoms with Crippen LogP contribution in [0.2, 0.25) is 0 Å². The molecule has 0 aliphatic heterocycles. The molecule has 0 radical (unpaired) electrons. The van der Waals surface area contributed by atoms with E-state index < -0.39 is 28.5 Å². The highest BCUT2D eigenvalue weighted by Crippen LogP contribution is 2.29. The standard InChI is InChI=1S/C40H41N3O5S/c1-3-31(2)41-40(45)38(28-32-16-8-4-9-17-32)42(29-33-18-10-5-11-19-33)39(44)30-43(49(46,47)37-22-14-7-15-23-37)34-24-26-36(27-25-34)48-35-20-12-6-13-21-35/h4-27,31,38H,3,28-30H2,1-2H3,(H,41,45). The summed E-state index contributed by atoms with van der Waals surface area (Å²) >= 11 is 0. The number of sulfonamides is 1. The van der Waals surface area contributed by atoms with Crippen molar-refractivity contribution < 1.29 is 22.7 Å². The molecular weight excluding hydrogens is 635 g/mol. The zero-order chi connectivity index (χ0) is 34.6. The van der Waals surface area contributed by atoms with Gasteiger partial charge in [0.25, 0.3) is 10.0 Å². The molecule has 9 heteroatoms. The van der Waals surface area contributed by atoms with Gasteiger partial charge in [0.05, 0.1) is 10.6 Å². The van der Waals surface area contributed by atoms with Crippen LogP contribution in [-0.2, 0) is 32.6 Å². The molecule has 8 nitrogen and oxygen atoms in total. The molecule has 0 saturated heterocycles. The maximum atomic E-state index is 14.6. The first-order valence-corrected chi connectivity index (χ1v) is 17.8. The van der Waals surface area contributed by atoms with Gasteiger partial charge < -0.3 is 15.0 Å². The Balaban J connectivity index is 1.54. The first kappa shape index (κ1) is 34.9. The number of hydrogen-bond acceptors (Lipinski definition) is 5. The van der Waals surface area contributed by atoms with Gasteiger partial charge in [-0.25, -0.2) is 8.42 Å². The number of ether oxygens (including phenoxy) is 1. The Morgan fingerprint density at radius 1 is 0.694 bits per heavy atom. The number of hydrogen-bond donors (Lipinski definition) is 1. The first-order chi connectivity index (χ1) is 23.7. The molecule has 0 bridgehead atoms. The van der Waals surface area contributed by atoms with Gasteiger partial charge in [0.1, 0.15) is 24.1 Å². The normalized spacial score (nSPS) is 12.4. The number of rotatable bonds is 15. The van der Waals surface area contributed by atoms with E-state index in [0.29, 0.717) is 17.9 Å². The van der Waals surface area contributed by atoms with Crippen LogP contribution in [0.1, 0.15) is 31.4 Å². The average Bonchev–Trinajstić information content (AvgIpc) is 3.14. The minimum atomic E-state index is -4.21. The summed E-state index contributed by atoms with van der Waals surface area (Å²) < 4.78 is 35.5. The number of nitrogens with zero attached hydrogens (tertiary/aromatic N) is 2. The Labute approximate surface area is 289 Å². The molecule has 5 aromatic rings. The Bertz CT molecular complexity index is 1890. The van der Waals surface area contributed by atoms with Gasteiger partial charge in [0.2, 0.25) is 11.8 Å². The highest BCUT2D eigenvalue weighted by molar-refractivity contribution is 7.92. The van der Waals surface area contributed by atoms with Crippen LogP contribution < -0.4 is 14.4 Å². The van der Waals surface area contributed by atoms with Gasteiger partial charge in [0.15, 0.2) is 0 Å². The molecule has 0 heterocycles. The molecule has 0 aromatic heterocycles. The van der Waals surface area contributed by atoms with Crippen LogP contribution >= 0.6 is 0 Å². The van der Waals surface area contributed by atoms with Gasteiger partial charge in [-0.05, 0) is 73.0 Å². The van der Waals surface area contributed by atoms with Crippen LogP contribution in [0.25, 0.3) is 0 Å². The molecule has 2 atom stereocenters. The monoisotopic (exact) mass is 675 g/mol. The van der Waals surface area contributed by atoms with Crippen molar-refractivity contribution >= 4 is 27.5 Å². The summed E-state index contributed by atoms with van der Waals surface area (Å²) in [6.45, 7) is 3.46. The summed E-state index contributed by atoms with van der Waals surface area (Å²) in [4.78, 5) is 30.1. The van der Waals surface area contributed by atoms with Gasteiger partial charge in [-0.15, -0.1) is 0 Å². The van der Waals surface area contributed by atoms with E-state index in [-0.39, 0.29) is 35.5 Å². The molecule has 0 saturated carbocycles. The Morgan fingerprint density at radius 3 is 1.78 bits per heavy atom. The van der Waals surface area contributed by atoms with Crippen molar-refractivity contribution in [3.63, 3.8) is 0 Å². The lowest BCUT2D eigenvalue weighted by atomic mass is 10.0. The van der Waals surface area contributed by atoms with Gasteiger partial charge in [0, 0.05) is 19.0 Å². The highest BCUT2D eigenvalue weighted by atomic mass is 32.2. The van der Waals surface area contributed by atoms with E-state index in [1.807, 2.05) is 105 Å². The second kappa shape index (κ2) is 16.6. The first-order valence-electron chi connectivity index (χ1n) is 16.3. The number of anilines is 1. The summed E-state index contributed by atoms with van der Waals surface area (Å²) in [5.74, 6) is 0.320. The van der Waals surface area contributed by atoms with Crippen LogP contribution in [0.5, 0.6) is 11.5 Å². The molecule has 2 amide bonds. The smallest absolute Gasteiger partial charge is 0.264 e. The maximum absolute atomic E-state index is 14.6. The molecule has 1 N–H and O–H groups in total. The van der Waals surface area contributed by atoms with Gasteiger partial charge in [-0.1, -0.05) is 104 Å². The zero-order valence-electron chi connectivity index (χ0n) is 27.7. The fourth-order valence-electron chi connectivity index (χ4n) is 5.33. The van der Waals surface area contributed by atoms with Crippen molar-refractivity contribution in [3.8, 4) is 11.5 Å². The molecular formula is C40H41N3O5S. The topological polar surface area (TPSA) is 96.0 Å². The summed E-state index contributed by atoms with van der Waals surface area (Å²) in [6.07, 6.45) is 0.960. The lowest BCUT2D eigenvalue weighted by molar-refractivity contribution is -0.140. The van der Waals surface area contributed by atoms with E-state index >= 15 is 0 Å². The van der Waals surface area contributed by atoms with E-state index in [0.717, 1.165) is 15.4 Å². The number of benzene rings is 5. The number of nitrogens with one attached hydrogen (secondary N) is 1. The molecule has 49 heavy (non-hydrogen) atoms. The lowest BCUT2D eigenvalue weighted by Crippen LogP contribution is -2.54. The van der Waals surface area contributed by atoms with Gasteiger partial charge >= 0.3 is 0 Å². The van der Waals surface area contributed by atoms with E-state index in [1.165, 1.54) is 17.0 Å². The summed E-state index contributed by atoms with van der Waals surface area (Å²) in [6, 6.07) is 41.7. The van der Waals surface area contributed by atoms with Crippen molar-refractivity contribution in [1.29, 1.82) is 0 Å². The molecule has 0 spiro atoms. The van der Waals surface area contributed by atoms with E-state index in [1.54, 1.807) is 42.5 Å². The van der Waals surface area contributed by atoms with Gasteiger partial charge in [-0.2, -0.15) is 0 Å². The van der Waals surface area contributed by atoms with Crippen LogP contribution in [0.4, 0.5) is 5.69 Å². The SMILES string of the molecule is CCC(C)NC(=O)C(Cc1ccccc1)N(Cc1ccccc1)C(=O)CN(c1ccc(Oc2ccccc2)cc1)S(=O)(=O)c1ccccc1. The second-order valence-electron chi connectivity index (χ2n) is 11.8. The summed E-state index contributed by atoms with van der Waals surface area (Å²) in [5.41, 5.74) is 1.96. The van der Waals surface area contributed by atoms with Crippen LogP contribution in [0, 0.1) is 0 Å². The van der Waals surface area contributed by atoms with Crippen molar-refractivity contribution in [2.75, 3.05) is 10.8 Å². The largest absolute Gasteiger partial charge is 0.457 e. The third-order valence-electron chi connectivity index (χ3n) is 8.18. The average molecular weight is 676 g/mol. The zero-order valence-corrected chi connectivity index (χ0v) is 28.5. The number of para-hydroxylation sites is 1. The number of carbonyl (C=O) groups is 2. The van der Waals surface area contributed by atoms with E-state index in [4.69, 9.17) is 4.74 Å². The second-order valence-corrected chi connectivity index (χ2v) is 13.6. The molecule has 252 valence electrons. The predicted molar refractivity (Wildman–Crippen MR) is 193 cm³/mol. The maximum Gasteiger partial charge on any atom is 0.264 e. The quantitative estimate of drug-likeness (QED) is 0.126. The third kappa shape index (κ3) is 9.36. The van der Waals surface area contributed by atoms with Crippen molar-refractivity contribution in [1.82, 2.24) is 10.2 Å². The van der Waals surface area contributed by atoms with Crippen LogP contribution in [0.3, 0.4) is 0 Å². The lowest BCUT2D eigenvalue weighted by Gasteiger charge is -2.34.